The van der Waals surface area contributed by atoms with Gasteiger partial charge >= 0.3 is 0 Å². The first-order valence-electron chi connectivity index (χ1n) is 5.52. The second-order valence-electron chi connectivity index (χ2n) is 3.98. The predicted octanol–water partition coefficient (Wildman–Crippen LogP) is 3.19. The summed E-state index contributed by atoms with van der Waals surface area (Å²) in [5, 5.41) is 11.0. The summed E-state index contributed by atoms with van der Waals surface area (Å²) < 4.78 is 39.9. The minimum absolute atomic E-state index is 0.158. The van der Waals surface area contributed by atoms with Crippen LogP contribution in [0.3, 0.4) is 0 Å². The van der Waals surface area contributed by atoms with Crippen molar-refractivity contribution in [3.8, 4) is 0 Å². The molecule has 2 aromatic rings. The second kappa shape index (κ2) is 5.66. The van der Waals surface area contributed by atoms with Gasteiger partial charge in [0.15, 0.2) is 0 Å². The molecule has 0 heterocycles. The highest BCUT2D eigenvalue weighted by Gasteiger charge is 2.22. The lowest BCUT2D eigenvalue weighted by Crippen LogP contribution is -2.14. The van der Waals surface area contributed by atoms with Gasteiger partial charge in [0.05, 0.1) is 4.92 Å². The first kappa shape index (κ1) is 15.2. The largest absolute Gasteiger partial charge is 0.280 e. The monoisotopic (exact) mass is 330 g/mol. The SMILES string of the molecule is O=[N+]([O-])c1ccc(F)c(S(=O)(=O)Nc2ccc(Cl)cc2)c1. The summed E-state index contributed by atoms with van der Waals surface area (Å²) >= 11 is 5.67. The Morgan fingerprint density at radius 1 is 1.14 bits per heavy atom. The third-order valence-corrected chi connectivity index (χ3v) is 4.16. The van der Waals surface area contributed by atoms with Crippen molar-refractivity contribution in [3.63, 3.8) is 0 Å². The second-order valence-corrected chi connectivity index (χ2v) is 6.07. The smallest absolute Gasteiger partial charge is 0.271 e. The van der Waals surface area contributed by atoms with E-state index in [0.29, 0.717) is 11.1 Å². The van der Waals surface area contributed by atoms with Gasteiger partial charge in [0.2, 0.25) is 0 Å². The normalized spacial score (nSPS) is 11.1. The van der Waals surface area contributed by atoms with Gasteiger partial charge in [0.1, 0.15) is 10.7 Å². The fourth-order valence-corrected chi connectivity index (χ4v) is 2.82. The van der Waals surface area contributed by atoms with Gasteiger partial charge in [-0.2, -0.15) is 0 Å². The van der Waals surface area contributed by atoms with Crippen LogP contribution in [0.2, 0.25) is 5.02 Å². The number of rotatable bonds is 4. The number of nitrogens with one attached hydrogen (secondary N) is 1. The molecule has 0 aliphatic rings. The summed E-state index contributed by atoms with van der Waals surface area (Å²) in [5.41, 5.74) is -0.363. The molecule has 9 heteroatoms. The van der Waals surface area contributed by atoms with Gasteiger partial charge in [0, 0.05) is 22.8 Å². The molecule has 6 nitrogen and oxygen atoms in total. The van der Waals surface area contributed by atoms with Crippen LogP contribution < -0.4 is 4.72 Å². The molecule has 0 amide bonds. The molecule has 0 aliphatic carbocycles. The van der Waals surface area contributed by atoms with Crippen molar-refractivity contribution in [1.82, 2.24) is 0 Å². The number of sulfonamides is 1. The van der Waals surface area contributed by atoms with Crippen molar-refractivity contribution in [3.05, 3.63) is 63.4 Å². The molecule has 0 saturated carbocycles. The first-order chi connectivity index (χ1) is 9.79. The number of nitro benzene ring substituents is 1. The van der Waals surface area contributed by atoms with Crippen LogP contribution in [-0.4, -0.2) is 13.3 Å². The molecule has 1 N–H and O–H groups in total. The van der Waals surface area contributed by atoms with Crippen molar-refractivity contribution >= 4 is 33.0 Å². The van der Waals surface area contributed by atoms with Gasteiger partial charge in [-0.25, -0.2) is 12.8 Å². The van der Waals surface area contributed by atoms with Gasteiger partial charge in [-0.15, -0.1) is 0 Å². The summed E-state index contributed by atoms with van der Waals surface area (Å²) in [6, 6.07) is 7.94. The number of non-ortho nitro benzene ring substituents is 1. The van der Waals surface area contributed by atoms with Crippen molar-refractivity contribution in [2.24, 2.45) is 0 Å². The molecule has 0 radical (unpaired) electrons. The Morgan fingerprint density at radius 2 is 1.76 bits per heavy atom. The molecule has 2 rings (SSSR count). The quantitative estimate of drug-likeness (QED) is 0.688. The lowest BCUT2D eigenvalue weighted by atomic mass is 10.3. The molecule has 0 saturated heterocycles. The van der Waals surface area contributed by atoms with Crippen LogP contribution in [0.1, 0.15) is 0 Å². The Hall–Kier alpha value is -2.19. The molecule has 0 unspecified atom stereocenters. The van der Waals surface area contributed by atoms with E-state index in [-0.39, 0.29) is 5.69 Å². The van der Waals surface area contributed by atoms with Crippen LogP contribution in [0, 0.1) is 15.9 Å². The molecule has 0 aromatic heterocycles. The van der Waals surface area contributed by atoms with Gasteiger partial charge in [-0.05, 0) is 30.3 Å². The lowest BCUT2D eigenvalue weighted by Gasteiger charge is -2.08. The number of hydrogen-bond donors (Lipinski definition) is 1. The number of anilines is 1. The highest BCUT2D eigenvalue weighted by molar-refractivity contribution is 7.92. The van der Waals surface area contributed by atoms with Crippen molar-refractivity contribution < 1.29 is 17.7 Å². The summed E-state index contributed by atoms with van der Waals surface area (Å²) in [6.07, 6.45) is 0. The molecule has 0 fully saturated rings. The summed E-state index contributed by atoms with van der Waals surface area (Å²) in [7, 11) is -4.29. The zero-order valence-electron chi connectivity index (χ0n) is 10.3. The molecular weight excluding hydrogens is 323 g/mol. The maximum absolute atomic E-state index is 13.6. The number of benzene rings is 2. The molecule has 0 atom stereocenters. The fraction of sp³-hybridized carbons (Fsp3) is 0. The van der Waals surface area contributed by atoms with E-state index in [9.17, 15) is 22.9 Å². The van der Waals surface area contributed by atoms with E-state index in [2.05, 4.69) is 4.72 Å². The maximum Gasteiger partial charge on any atom is 0.271 e. The first-order valence-corrected chi connectivity index (χ1v) is 7.38. The minimum Gasteiger partial charge on any atom is -0.280 e. The Morgan fingerprint density at radius 3 is 2.33 bits per heavy atom. The molecule has 2 aromatic carbocycles. The van der Waals surface area contributed by atoms with Crippen LogP contribution in [-0.2, 0) is 10.0 Å². The summed E-state index contributed by atoms with van der Waals surface area (Å²) in [4.78, 5) is 9.04. The Kier molecular flexibility index (Phi) is 4.10. The summed E-state index contributed by atoms with van der Waals surface area (Å²) in [6.45, 7) is 0. The van der Waals surface area contributed by atoms with Gasteiger partial charge < -0.3 is 0 Å². The van der Waals surface area contributed by atoms with E-state index < -0.39 is 31.3 Å². The van der Waals surface area contributed by atoms with Gasteiger partial charge in [-0.1, -0.05) is 11.6 Å². The zero-order valence-corrected chi connectivity index (χ0v) is 11.9. The average molecular weight is 331 g/mol. The topological polar surface area (TPSA) is 89.3 Å². The van der Waals surface area contributed by atoms with Crippen LogP contribution in [0.25, 0.3) is 0 Å². The molecule has 0 spiro atoms. The van der Waals surface area contributed by atoms with Crippen molar-refractivity contribution in [2.45, 2.75) is 4.90 Å². The Bertz CT molecular complexity index is 793. The van der Waals surface area contributed by atoms with Crippen LogP contribution in [0.5, 0.6) is 0 Å². The predicted molar refractivity (Wildman–Crippen MR) is 75.3 cm³/mol. The van der Waals surface area contributed by atoms with Crippen molar-refractivity contribution in [1.29, 1.82) is 0 Å². The summed E-state index contributed by atoms with van der Waals surface area (Å²) in [5.74, 6) is -1.08. The third kappa shape index (κ3) is 3.47. The van der Waals surface area contributed by atoms with E-state index in [1.807, 2.05) is 0 Å². The maximum atomic E-state index is 13.6. The standard InChI is InChI=1S/C12H8ClFN2O4S/c13-8-1-3-9(4-2-8)15-21(19,20)12-7-10(16(17)18)5-6-11(12)14/h1-7,15H. The van der Waals surface area contributed by atoms with Crippen LogP contribution in [0.15, 0.2) is 47.4 Å². The van der Waals surface area contributed by atoms with Gasteiger partial charge in [0.25, 0.3) is 15.7 Å². The van der Waals surface area contributed by atoms with Gasteiger partial charge in [-0.3, -0.25) is 14.8 Å². The number of halogens is 2. The third-order valence-electron chi connectivity index (χ3n) is 2.51. The van der Waals surface area contributed by atoms with E-state index in [1.165, 1.54) is 24.3 Å². The number of nitrogens with zero attached hydrogens (tertiary/aromatic N) is 1. The lowest BCUT2D eigenvalue weighted by molar-refractivity contribution is -0.385. The Labute approximate surface area is 124 Å². The molecule has 110 valence electrons. The average Bonchev–Trinajstić information content (AvgIpc) is 2.41. The number of hydrogen-bond acceptors (Lipinski definition) is 4. The highest BCUT2D eigenvalue weighted by Crippen LogP contribution is 2.24. The van der Waals surface area contributed by atoms with Crippen LogP contribution >= 0.6 is 11.6 Å². The van der Waals surface area contributed by atoms with E-state index in [4.69, 9.17) is 11.6 Å². The molecular formula is C12H8ClFN2O4S. The fourth-order valence-electron chi connectivity index (χ4n) is 1.54. The minimum atomic E-state index is -4.29. The van der Waals surface area contributed by atoms with Crippen LogP contribution in [0.4, 0.5) is 15.8 Å². The zero-order chi connectivity index (χ0) is 15.6. The molecule has 0 bridgehead atoms. The van der Waals surface area contributed by atoms with E-state index >= 15 is 0 Å². The molecule has 0 aliphatic heterocycles. The molecule has 21 heavy (non-hydrogen) atoms. The highest BCUT2D eigenvalue weighted by atomic mass is 35.5. The van der Waals surface area contributed by atoms with Crippen molar-refractivity contribution in [2.75, 3.05) is 4.72 Å². The number of nitro groups is 1. The van der Waals surface area contributed by atoms with E-state index in [1.54, 1.807) is 0 Å². The Balaban J connectivity index is 2.41. The van der Waals surface area contributed by atoms with E-state index in [0.717, 1.165) is 12.1 Å².